The Morgan fingerprint density at radius 3 is 2.94 bits per heavy atom. The van der Waals surface area contributed by atoms with Gasteiger partial charge >= 0.3 is 0 Å². The zero-order chi connectivity index (χ0) is 13.4. The fourth-order valence-electron chi connectivity index (χ4n) is 1.46. The number of carbonyl (C=O) groups is 1. The molecule has 0 fully saturated rings. The molecule has 0 aliphatic heterocycles. The molecule has 0 radical (unpaired) electrons. The fraction of sp³-hybridized carbons (Fsp3) is 0.385. The molecule has 0 aromatic carbocycles. The fourth-order valence-corrected chi connectivity index (χ4v) is 1.46. The van der Waals surface area contributed by atoms with Crippen molar-refractivity contribution in [2.45, 2.75) is 25.8 Å². The average Bonchev–Trinajstić information content (AvgIpc) is 2.33. The van der Waals surface area contributed by atoms with Crippen LogP contribution in [0.25, 0.3) is 0 Å². The first-order valence-corrected chi connectivity index (χ1v) is 5.79. The maximum atomic E-state index is 11.6. The van der Waals surface area contributed by atoms with E-state index in [4.69, 9.17) is 12.2 Å². The molecule has 0 unspecified atom stereocenters. The number of aromatic nitrogens is 1. The summed E-state index contributed by atoms with van der Waals surface area (Å²) >= 11 is 0. The Morgan fingerprint density at radius 2 is 2.22 bits per heavy atom. The number of amides is 1. The van der Waals surface area contributed by atoms with Crippen molar-refractivity contribution in [1.29, 1.82) is 0 Å². The molecular weight excluding hydrogens is 230 g/mol. The van der Waals surface area contributed by atoms with Gasteiger partial charge in [-0.1, -0.05) is 0 Å². The topological polar surface area (TPSA) is 77.1 Å². The number of unbranched alkanes of at least 4 members (excludes halogenated alkanes) is 2. The number of hydrogen-bond donors (Lipinski definition) is 2. The summed E-state index contributed by atoms with van der Waals surface area (Å²) in [6.45, 7) is 0.552. The summed E-state index contributed by atoms with van der Waals surface area (Å²) in [5.41, 5.74) is 5.76. The Bertz CT molecular complexity index is 500. The highest BCUT2D eigenvalue weighted by atomic mass is 16.2. The molecule has 1 amide bonds. The maximum Gasteiger partial charge on any atom is 0.251 e. The number of pyridine rings is 1. The van der Waals surface area contributed by atoms with E-state index >= 15 is 0 Å². The van der Waals surface area contributed by atoms with Crippen LogP contribution in [-0.2, 0) is 11.3 Å². The number of nitrogens with zero attached hydrogens (tertiary/aromatic N) is 1. The largest absolute Gasteiger partial charge is 0.398 e. The van der Waals surface area contributed by atoms with Crippen LogP contribution in [0.2, 0.25) is 0 Å². The van der Waals surface area contributed by atoms with Crippen LogP contribution < -0.4 is 16.6 Å². The van der Waals surface area contributed by atoms with E-state index in [1.807, 2.05) is 0 Å². The Labute approximate surface area is 106 Å². The molecule has 0 saturated heterocycles. The molecule has 0 atom stereocenters. The third kappa shape index (κ3) is 4.74. The van der Waals surface area contributed by atoms with Gasteiger partial charge in [0.2, 0.25) is 5.91 Å². The van der Waals surface area contributed by atoms with Gasteiger partial charge in [0.1, 0.15) is 6.54 Å². The average molecular weight is 247 g/mol. The van der Waals surface area contributed by atoms with Gasteiger partial charge in [0.05, 0.1) is 0 Å². The van der Waals surface area contributed by atoms with Gasteiger partial charge in [0.15, 0.2) is 0 Å². The third-order valence-corrected chi connectivity index (χ3v) is 2.39. The smallest absolute Gasteiger partial charge is 0.251 e. The molecule has 0 aliphatic rings. The summed E-state index contributed by atoms with van der Waals surface area (Å²) in [7, 11) is 0. The number of carbonyl (C=O) groups excluding carboxylic acids is 1. The van der Waals surface area contributed by atoms with Crippen molar-refractivity contribution in [2.24, 2.45) is 0 Å². The highest BCUT2D eigenvalue weighted by Crippen LogP contribution is 1.96. The van der Waals surface area contributed by atoms with Crippen molar-refractivity contribution in [3.05, 3.63) is 28.7 Å². The van der Waals surface area contributed by atoms with Crippen LogP contribution in [0.5, 0.6) is 0 Å². The van der Waals surface area contributed by atoms with Crippen LogP contribution in [0, 0.1) is 12.3 Å². The van der Waals surface area contributed by atoms with E-state index in [2.05, 4.69) is 11.2 Å². The first-order chi connectivity index (χ1) is 8.63. The lowest BCUT2D eigenvalue weighted by Crippen LogP contribution is -2.32. The zero-order valence-corrected chi connectivity index (χ0v) is 10.2. The lowest BCUT2D eigenvalue weighted by Gasteiger charge is -2.07. The van der Waals surface area contributed by atoms with E-state index in [0.29, 0.717) is 18.7 Å². The maximum absolute atomic E-state index is 11.6. The van der Waals surface area contributed by atoms with Gasteiger partial charge in [0.25, 0.3) is 5.56 Å². The summed E-state index contributed by atoms with van der Waals surface area (Å²) in [5, 5.41) is 2.73. The molecule has 5 heteroatoms. The van der Waals surface area contributed by atoms with Gasteiger partial charge in [0, 0.05) is 30.9 Å². The van der Waals surface area contributed by atoms with Crippen molar-refractivity contribution in [3.63, 3.8) is 0 Å². The monoisotopic (exact) mass is 247 g/mol. The third-order valence-electron chi connectivity index (χ3n) is 2.39. The first kappa shape index (κ1) is 13.8. The zero-order valence-electron chi connectivity index (χ0n) is 10.2. The van der Waals surface area contributed by atoms with Crippen molar-refractivity contribution < 1.29 is 4.79 Å². The lowest BCUT2D eigenvalue weighted by molar-refractivity contribution is -0.121. The van der Waals surface area contributed by atoms with E-state index in [1.165, 1.54) is 22.9 Å². The number of nitrogens with one attached hydrogen (secondary N) is 1. The quantitative estimate of drug-likeness (QED) is 0.562. The molecule has 96 valence electrons. The number of hydrogen-bond acceptors (Lipinski definition) is 3. The van der Waals surface area contributed by atoms with E-state index in [1.54, 1.807) is 0 Å². The molecule has 0 saturated carbocycles. The summed E-state index contributed by atoms with van der Waals surface area (Å²) in [5.74, 6) is 2.33. The standard InChI is InChI=1S/C13H17N3O2/c1-2-3-4-5-8-15-12(17)10-16-9-11(14)6-7-13(16)18/h1,6-7,9H,3-5,8,10,14H2,(H,15,17). The molecule has 1 aromatic rings. The number of nitrogen functional groups attached to an aromatic ring is 1. The molecule has 0 bridgehead atoms. The molecule has 3 N–H and O–H groups in total. The highest BCUT2D eigenvalue weighted by Gasteiger charge is 2.03. The Hall–Kier alpha value is -2.22. The number of anilines is 1. The molecule has 5 nitrogen and oxygen atoms in total. The van der Waals surface area contributed by atoms with Gasteiger partial charge in [-0.25, -0.2) is 0 Å². The van der Waals surface area contributed by atoms with Crippen molar-refractivity contribution in [1.82, 2.24) is 9.88 Å². The van der Waals surface area contributed by atoms with E-state index < -0.39 is 0 Å². The van der Waals surface area contributed by atoms with Gasteiger partial charge < -0.3 is 15.6 Å². The Kier molecular flexibility index (Phi) is 5.52. The molecular formula is C13H17N3O2. The second-order valence-electron chi connectivity index (χ2n) is 3.94. The highest BCUT2D eigenvalue weighted by molar-refractivity contribution is 5.75. The summed E-state index contributed by atoms with van der Waals surface area (Å²) in [6, 6.07) is 2.85. The predicted octanol–water partition coefficient (Wildman–Crippen LogP) is 0.350. The SMILES string of the molecule is C#CCCCCNC(=O)Cn1cc(N)ccc1=O. The minimum atomic E-state index is -0.244. The van der Waals surface area contributed by atoms with E-state index in [9.17, 15) is 9.59 Å². The molecule has 1 heterocycles. The van der Waals surface area contributed by atoms with Gasteiger partial charge in [-0.15, -0.1) is 12.3 Å². The van der Waals surface area contributed by atoms with Crippen LogP contribution >= 0.6 is 0 Å². The number of terminal acetylenes is 1. The predicted molar refractivity (Wildman–Crippen MR) is 70.8 cm³/mol. The van der Waals surface area contributed by atoms with Crippen LogP contribution in [-0.4, -0.2) is 17.0 Å². The molecule has 0 spiro atoms. The number of nitrogens with two attached hydrogens (primary N) is 1. The van der Waals surface area contributed by atoms with Gasteiger partial charge in [-0.05, 0) is 18.9 Å². The Morgan fingerprint density at radius 1 is 1.44 bits per heavy atom. The molecule has 1 rings (SSSR count). The normalized spacial score (nSPS) is 9.72. The van der Waals surface area contributed by atoms with Crippen LogP contribution in [0.3, 0.4) is 0 Å². The second kappa shape index (κ2) is 7.17. The van der Waals surface area contributed by atoms with Crippen LogP contribution in [0.4, 0.5) is 5.69 Å². The second-order valence-corrected chi connectivity index (χ2v) is 3.94. The van der Waals surface area contributed by atoms with E-state index in [0.717, 1.165) is 12.8 Å². The molecule has 1 aromatic heterocycles. The summed E-state index contributed by atoms with van der Waals surface area (Å²) in [6.07, 6.45) is 9.01. The minimum absolute atomic E-state index is 0.0149. The van der Waals surface area contributed by atoms with Crippen LogP contribution in [0.1, 0.15) is 19.3 Å². The first-order valence-electron chi connectivity index (χ1n) is 5.79. The minimum Gasteiger partial charge on any atom is -0.398 e. The van der Waals surface area contributed by atoms with Gasteiger partial charge in [-0.2, -0.15) is 0 Å². The number of rotatable bonds is 6. The lowest BCUT2D eigenvalue weighted by atomic mass is 10.2. The summed E-state index contributed by atoms with van der Waals surface area (Å²) < 4.78 is 1.28. The molecule has 0 aliphatic carbocycles. The van der Waals surface area contributed by atoms with E-state index in [-0.39, 0.29) is 18.0 Å². The summed E-state index contributed by atoms with van der Waals surface area (Å²) in [4.78, 5) is 23.0. The van der Waals surface area contributed by atoms with Crippen molar-refractivity contribution in [3.8, 4) is 12.3 Å². The van der Waals surface area contributed by atoms with Crippen molar-refractivity contribution >= 4 is 11.6 Å². The van der Waals surface area contributed by atoms with Gasteiger partial charge in [-0.3, -0.25) is 9.59 Å². The molecule has 18 heavy (non-hydrogen) atoms. The van der Waals surface area contributed by atoms with Crippen molar-refractivity contribution in [2.75, 3.05) is 12.3 Å². The Balaban J connectivity index is 2.38. The van der Waals surface area contributed by atoms with Crippen LogP contribution in [0.15, 0.2) is 23.1 Å².